The van der Waals surface area contributed by atoms with Crippen LogP contribution in [0, 0.1) is 11.6 Å². The molecule has 0 radical (unpaired) electrons. The fourth-order valence-electron chi connectivity index (χ4n) is 1.14. The zero-order valence-corrected chi connectivity index (χ0v) is 8.80. The molecule has 0 aliphatic carbocycles. The van der Waals surface area contributed by atoms with E-state index in [2.05, 4.69) is 5.32 Å². The van der Waals surface area contributed by atoms with Gasteiger partial charge in [0, 0.05) is 5.69 Å². The smallest absolute Gasteiger partial charge is 0.151 e. The van der Waals surface area contributed by atoms with Crippen LogP contribution in [0.2, 0.25) is 0 Å². The van der Waals surface area contributed by atoms with Gasteiger partial charge in [0.05, 0.1) is 18.8 Å². The molecular weight excluding hydrogens is 218 g/mol. The summed E-state index contributed by atoms with van der Waals surface area (Å²) in [5.41, 5.74) is 3.60. The number of nitrogens with two attached hydrogens (primary N) is 1. The zero-order valence-electron chi connectivity index (χ0n) is 8.80. The molecule has 0 unspecified atom stereocenters. The molecule has 6 heteroatoms. The van der Waals surface area contributed by atoms with Gasteiger partial charge in [-0.25, -0.2) is 8.78 Å². The van der Waals surface area contributed by atoms with E-state index in [0.29, 0.717) is 0 Å². The number of aliphatic hydroxyl groups excluding tert-OH is 2. The molecule has 0 bridgehead atoms. The van der Waals surface area contributed by atoms with Crippen molar-refractivity contribution in [3.05, 3.63) is 23.8 Å². The molecule has 0 fully saturated rings. The fourth-order valence-corrected chi connectivity index (χ4v) is 1.14. The molecule has 1 aromatic rings. The minimum Gasteiger partial charge on any atom is -0.399 e. The largest absolute Gasteiger partial charge is 0.399 e. The van der Waals surface area contributed by atoms with Crippen LogP contribution in [0.1, 0.15) is 6.92 Å². The van der Waals surface area contributed by atoms with Gasteiger partial charge in [0.15, 0.2) is 11.6 Å². The Balaban J connectivity index is 3.06. The molecular formula is C10H14F2N2O2. The molecule has 0 saturated heterocycles. The molecule has 0 aromatic heterocycles. The first-order chi connectivity index (χ1) is 7.41. The third-order valence-corrected chi connectivity index (χ3v) is 2.19. The third-order valence-electron chi connectivity index (χ3n) is 2.19. The topological polar surface area (TPSA) is 78.5 Å². The Labute approximate surface area is 91.7 Å². The van der Waals surface area contributed by atoms with E-state index < -0.39 is 36.1 Å². The number of halogens is 2. The highest BCUT2D eigenvalue weighted by atomic mass is 19.1. The van der Waals surface area contributed by atoms with Crippen molar-refractivity contribution in [1.29, 1.82) is 0 Å². The maximum Gasteiger partial charge on any atom is 0.151 e. The molecule has 0 heterocycles. The third kappa shape index (κ3) is 2.59. The molecule has 5 N–H and O–H groups in total. The van der Waals surface area contributed by atoms with E-state index >= 15 is 0 Å². The number of hydrogen-bond acceptors (Lipinski definition) is 4. The minimum atomic E-state index is -1.20. The first-order valence-electron chi connectivity index (χ1n) is 4.66. The normalized spacial score (nSPS) is 11.6. The summed E-state index contributed by atoms with van der Waals surface area (Å²) >= 11 is 0. The van der Waals surface area contributed by atoms with Gasteiger partial charge in [-0.3, -0.25) is 0 Å². The lowest BCUT2D eigenvalue weighted by Crippen LogP contribution is -2.43. The van der Waals surface area contributed by atoms with Crippen molar-refractivity contribution in [3.8, 4) is 0 Å². The van der Waals surface area contributed by atoms with Gasteiger partial charge >= 0.3 is 0 Å². The van der Waals surface area contributed by atoms with Gasteiger partial charge in [-0.1, -0.05) is 0 Å². The number of rotatable bonds is 4. The Morgan fingerprint density at radius 3 is 2.06 bits per heavy atom. The Morgan fingerprint density at radius 1 is 1.25 bits per heavy atom. The van der Waals surface area contributed by atoms with Crippen molar-refractivity contribution in [2.45, 2.75) is 12.5 Å². The Bertz CT molecular complexity index is 358. The van der Waals surface area contributed by atoms with Crippen LogP contribution in [-0.4, -0.2) is 29.0 Å². The van der Waals surface area contributed by atoms with Gasteiger partial charge in [0.25, 0.3) is 0 Å². The first kappa shape index (κ1) is 12.7. The molecule has 4 nitrogen and oxygen atoms in total. The van der Waals surface area contributed by atoms with Crippen LogP contribution in [0.5, 0.6) is 0 Å². The number of aliphatic hydroxyl groups is 2. The molecule has 0 aliphatic heterocycles. The second-order valence-electron chi connectivity index (χ2n) is 3.86. The summed E-state index contributed by atoms with van der Waals surface area (Å²) in [5.74, 6) is -1.74. The van der Waals surface area contributed by atoms with Crippen LogP contribution in [0.15, 0.2) is 12.1 Å². The monoisotopic (exact) mass is 232 g/mol. The van der Waals surface area contributed by atoms with Gasteiger partial charge in [-0.15, -0.1) is 0 Å². The van der Waals surface area contributed by atoms with Crippen LogP contribution in [0.25, 0.3) is 0 Å². The second-order valence-corrected chi connectivity index (χ2v) is 3.86. The van der Waals surface area contributed by atoms with E-state index in [-0.39, 0.29) is 5.69 Å². The highest BCUT2D eigenvalue weighted by molar-refractivity contribution is 5.55. The Hall–Kier alpha value is -1.40. The van der Waals surface area contributed by atoms with E-state index in [1.165, 1.54) is 6.92 Å². The zero-order chi connectivity index (χ0) is 12.3. The molecule has 0 aliphatic rings. The summed E-state index contributed by atoms with van der Waals surface area (Å²) in [6, 6.07) is 1.92. The maximum atomic E-state index is 13.4. The van der Waals surface area contributed by atoms with Crippen molar-refractivity contribution in [2.24, 2.45) is 0 Å². The summed E-state index contributed by atoms with van der Waals surface area (Å²) < 4.78 is 26.7. The van der Waals surface area contributed by atoms with Gasteiger partial charge in [-0.2, -0.15) is 0 Å². The summed E-state index contributed by atoms with van der Waals surface area (Å²) in [6.45, 7) is 0.502. The predicted molar refractivity (Wildman–Crippen MR) is 57.0 cm³/mol. The molecule has 90 valence electrons. The van der Waals surface area contributed by atoms with E-state index in [1.807, 2.05) is 0 Å². The average molecular weight is 232 g/mol. The molecule has 0 saturated carbocycles. The van der Waals surface area contributed by atoms with Gasteiger partial charge in [0.1, 0.15) is 5.69 Å². The van der Waals surface area contributed by atoms with E-state index in [0.717, 1.165) is 12.1 Å². The number of anilines is 2. The quantitative estimate of drug-likeness (QED) is 0.576. The lowest BCUT2D eigenvalue weighted by atomic mass is 10.0. The number of nitrogen functional groups attached to an aromatic ring is 1. The highest BCUT2D eigenvalue weighted by Crippen LogP contribution is 2.24. The summed E-state index contributed by atoms with van der Waals surface area (Å²) in [6.07, 6.45) is 0. The summed E-state index contributed by atoms with van der Waals surface area (Å²) in [4.78, 5) is 0. The van der Waals surface area contributed by atoms with Crippen LogP contribution in [0.4, 0.5) is 20.2 Å². The maximum absolute atomic E-state index is 13.4. The minimum absolute atomic E-state index is 0.0322. The summed E-state index contributed by atoms with van der Waals surface area (Å²) in [5, 5.41) is 20.4. The van der Waals surface area contributed by atoms with Crippen LogP contribution in [0.3, 0.4) is 0 Å². The molecule has 0 atom stereocenters. The van der Waals surface area contributed by atoms with Crippen LogP contribution < -0.4 is 11.1 Å². The SMILES string of the molecule is CC(CO)(CO)Nc1c(F)cc(N)cc1F. The fraction of sp³-hybridized carbons (Fsp3) is 0.400. The number of nitrogens with one attached hydrogen (secondary N) is 1. The molecule has 1 rings (SSSR count). The average Bonchev–Trinajstić information content (AvgIpc) is 2.23. The lowest BCUT2D eigenvalue weighted by Gasteiger charge is -2.27. The van der Waals surface area contributed by atoms with Crippen LogP contribution >= 0.6 is 0 Å². The number of benzene rings is 1. The molecule has 0 spiro atoms. The lowest BCUT2D eigenvalue weighted by molar-refractivity contribution is 0.147. The standard InChI is InChI=1S/C10H14F2N2O2/c1-10(4-15,5-16)14-9-7(11)2-6(13)3-8(9)12/h2-3,14-16H,4-5,13H2,1H3. The Kier molecular flexibility index (Phi) is 3.66. The first-order valence-corrected chi connectivity index (χ1v) is 4.66. The van der Waals surface area contributed by atoms with Gasteiger partial charge in [-0.05, 0) is 19.1 Å². The van der Waals surface area contributed by atoms with Crippen molar-refractivity contribution < 1.29 is 19.0 Å². The van der Waals surface area contributed by atoms with Crippen molar-refractivity contribution >= 4 is 11.4 Å². The summed E-state index contributed by atoms with van der Waals surface area (Å²) in [7, 11) is 0. The van der Waals surface area contributed by atoms with Gasteiger partial charge < -0.3 is 21.3 Å². The molecule has 16 heavy (non-hydrogen) atoms. The number of hydrogen-bond donors (Lipinski definition) is 4. The van der Waals surface area contributed by atoms with Gasteiger partial charge in [0.2, 0.25) is 0 Å². The van der Waals surface area contributed by atoms with Crippen LogP contribution in [-0.2, 0) is 0 Å². The Morgan fingerprint density at radius 2 is 1.69 bits per heavy atom. The predicted octanol–water partition coefficient (Wildman–Crippen LogP) is 0.702. The van der Waals surface area contributed by atoms with E-state index in [1.54, 1.807) is 0 Å². The van der Waals surface area contributed by atoms with E-state index in [4.69, 9.17) is 15.9 Å². The van der Waals surface area contributed by atoms with Crippen molar-refractivity contribution in [2.75, 3.05) is 24.3 Å². The molecule has 0 amide bonds. The van der Waals surface area contributed by atoms with E-state index in [9.17, 15) is 8.78 Å². The van der Waals surface area contributed by atoms with Crippen molar-refractivity contribution in [1.82, 2.24) is 0 Å². The second kappa shape index (κ2) is 4.63. The van der Waals surface area contributed by atoms with Crippen molar-refractivity contribution in [3.63, 3.8) is 0 Å². The highest BCUT2D eigenvalue weighted by Gasteiger charge is 2.25. The molecule has 1 aromatic carbocycles.